The predicted octanol–water partition coefficient (Wildman–Crippen LogP) is 1.23. The van der Waals surface area contributed by atoms with E-state index < -0.39 is 0 Å². The van der Waals surface area contributed by atoms with E-state index in [0.29, 0.717) is 6.61 Å². The van der Waals surface area contributed by atoms with Crippen molar-refractivity contribution in [3.63, 3.8) is 0 Å². The molecular formula is C12H17NO2. The van der Waals surface area contributed by atoms with Crippen LogP contribution in [0.5, 0.6) is 5.75 Å². The molecule has 1 N–H and O–H groups in total. The van der Waals surface area contributed by atoms with E-state index in [4.69, 9.17) is 9.47 Å². The zero-order valence-corrected chi connectivity index (χ0v) is 9.03. The number of fused-ring (bicyclic) bond motifs is 1. The molecule has 0 saturated carbocycles. The van der Waals surface area contributed by atoms with Crippen LogP contribution in [0.1, 0.15) is 5.56 Å². The maximum absolute atomic E-state index is 5.74. The van der Waals surface area contributed by atoms with Crippen molar-refractivity contribution in [1.29, 1.82) is 0 Å². The number of benzene rings is 1. The van der Waals surface area contributed by atoms with Crippen molar-refractivity contribution in [2.75, 3.05) is 26.8 Å². The molecule has 1 aromatic carbocycles. The van der Waals surface area contributed by atoms with Crippen LogP contribution in [0.2, 0.25) is 0 Å². The summed E-state index contributed by atoms with van der Waals surface area (Å²) >= 11 is 0. The second-order valence-electron chi connectivity index (χ2n) is 3.73. The molecule has 1 aliphatic rings. The van der Waals surface area contributed by atoms with Crippen LogP contribution in [0, 0.1) is 0 Å². The summed E-state index contributed by atoms with van der Waals surface area (Å²) in [6, 6.07) is 8.18. The van der Waals surface area contributed by atoms with Gasteiger partial charge in [-0.2, -0.15) is 0 Å². The molecule has 0 aromatic heterocycles. The van der Waals surface area contributed by atoms with Gasteiger partial charge in [0.25, 0.3) is 0 Å². The third-order valence-electron chi connectivity index (χ3n) is 2.51. The quantitative estimate of drug-likeness (QED) is 0.737. The van der Waals surface area contributed by atoms with E-state index in [9.17, 15) is 0 Å². The molecule has 0 bridgehead atoms. The summed E-state index contributed by atoms with van der Waals surface area (Å²) in [6.45, 7) is 2.31. The molecule has 3 heteroatoms. The van der Waals surface area contributed by atoms with Gasteiger partial charge in [-0.1, -0.05) is 18.2 Å². The van der Waals surface area contributed by atoms with Gasteiger partial charge in [-0.05, 0) is 18.7 Å². The van der Waals surface area contributed by atoms with E-state index >= 15 is 0 Å². The first kappa shape index (κ1) is 10.5. The van der Waals surface area contributed by atoms with Crippen LogP contribution >= 0.6 is 0 Å². The molecule has 0 amide bonds. The van der Waals surface area contributed by atoms with E-state index in [2.05, 4.69) is 11.4 Å². The van der Waals surface area contributed by atoms with Gasteiger partial charge in [0.05, 0.1) is 13.2 Å². The van der Waals surface area contributed by atoms with Gasteiger partial charge in [0.2, 0.25) is 0 Å². The summed E-state index contributed by atoms with van der Waals surface area (Å²) in [5, 5.41) is 3.04. The summed E-state index contributed by atoms with van der Waals surface area (Å²) in [4.78, 5) is 0. The Bertz CT molecular complexity index is 289. The van der Waals surface area contributed by atoms with Crippen molar-refractivity contribution in [3.8, 4) is 5.75 Å². The first-order valence-corrected chi connectivity index (χ1v) is 5.37. The average Bonchev–Trinajstić information content (AvgIpc) is 2.67. The largest absolute Gasteiger partial charge is 0.487 e. The lowest BCUT2D eigenvalue weighted by molar-refractivity contribution is 0.0626. The van der Waals surface area contributed by atoms with Crippen LogP contribution < -0.4 is 10.1 Å². The monoisotopic (exact) mass is 207 g/mol. The summed E-state index contributed by atoms with van der Waals surface area (Å²) < 4.78 is 11.2. The Morgan fingerprint density at radius 3 is 3.13 bits per heavy atom. The molecule has 0 spiro atoms. The highest BCUT2D eigenvalue weighted by molar-refractivity contribution is 5.37. The normalized spacial score (nSPS) is 18.6. The first-order chi connectivity index (χ1) is 7.40. The third kappa shape index (κ3) is 2.70. The average molecular weight is 207 g/mol. The molecule has 1 aromatic rings. The van der Waals surface area contributed by atoms with Gasteiger partial charge >= 0.3 is 0 Å². The lowest BCUT2D eigenvalue weighted by Crippen LogP contribution is -2.23. The molecule has 3 nitrogen and oxygen atoms in total. The minimum Gasteiger partial charge on any atom is -0.487 e. The van der Waals surface area contributed by atoms with Gasteiger partial charge in [-0.15, -0.1) is 0 Å². The summed E-state index contributed by atoms with van der Waals surface area (Å²) in [5.74, 6) is 1.01. The zero-order chi connectivity index (χ0) is 10.5. The molecule has 1 aliphatic heterocycles. The van der Waals surface area contributed by atoms with E-state index in [1.807, 2.05) is 25.2 Å². The van der Waals surface area contributed by atoms with Gasteiger partial charge < -0.3 is 14.8 Å². The minimum absolute atomic E-state index is 0.194. The maximum Gasteiger partial charge on any atom is 0.126 e. The van der Waals surface area contributed by atoms with Gasteiger partial charge in [0.1, 0.15) is 11.9 Å². The second kappa shape index (κ2) is 5.14. The van der Waals surface area contributed by atoms with Crippen LogP contribution in [0.4, 0.5) is 0 Å². The molecule has 0 saturated heterocycles. The molecule has 2 rings (SSSR count). The van der Waals surface area contributed by atoms with Crippen molar-refractivity contribution in [1.82, 2.24) is 5.32 Å². The highest BCUT2D eigenvalue weighted by atomic mass is 16.5. The predicted molar refractivity (Wildman–Crippen MR) is 59.3 cm³/mol. The van der Waals surface area contributed by atoms with Crippen molar-refractivity contribution < 1.29 is 9.47 Å². The first-order valence-electron chi connectivity index (χ1n) is 5.37. The summed E-state index contributed by atoms with van der Waals surface area (Å²) in [5.41, 5.74) is 1.29. The fraction of sp³-hybridized carbons (Fsp3) is 0.500. The molecule has 82 valence electrons. The molecule has 0 fully saturated rings. The Morgan fingerprint density at radius 2 is 2.33 bits per heavy atom. The summed E-state index contributed by atoms with van der Waals surface area (Å²) in [6.07, 6.45) is 1.16. The number of ether oxygens (including phenoxy) is 2. The fourth-order valence-electron chi connectivity index (χ4n) is 1.74. The second-order valence-corrected chi connectivity index (χ2v) is 3.73. The standard InChI is InChI=1S/C12H17NO2/c1-13-6-7-14-9-11-8-10-4-2-3-5-12(10)15-11/h2-5,11,13H,6-9H2,1H3. The summed E-state index contributed by atoms with van der Waals surface area (Å²) in [7, 11) is 1.92. The van der Waals surface area contributed by atoms with E-state index in [1.165, 1.54) is 5.56 Å². The Labute approximate surface area is 90.4 Å². The number of hydrogen-bond donors (Lipinski definition) is 1. The van der Waals surface area contributed by atoms with Crippen molar-refractivity contribution in [2.24, 2.45) is 0 Å². The van der Waals surface area contributed by atoms with E-state index in [1.54, 1.807) is 0 Å². The number of nitrogens with one attached hydrogen (secondary N) is 1. The molecule has 1 heterocycles. The molecule has 0 radical (unpaired) electrons. The Kier molecular flexibility index (Phi) is 3.59. The van der Waals surface area contributed by atoms with Gasteiger partial charge in [-0.25, -0.2) is 0 Å². The highest BCUT2D eigenvalue weighted by Crippen LogP contribution is 2.27. The molecule has 1 unspecified atom stereocenters. The van der Waals surface area contributed by atoms with Gasteiger partial charge in [0, 0.05) is 13.0 Å². The number of hydrogen-bond acceptors (Lipinski definition) is 3. The van der Waals surface area contributed by atoms with Crippen LogP contribution in [0.25, 0.3) is 0 Å². The maximum atomic E-state index is 5.74. The van der Waals surface area contributed by atoms with Crippen molar-refractivity contribution >= 4 is 0 Å². The number of likely N-dealkylation sites (N-methyl/N-ethyl adjacent to an activating group) is 1. The number of rotatable bonds is 5. The van der Waals surface area contributed by atoms with Crippen molar-refractivity contribution in [2.45, 2.75) is 12.5 Å². The molecular weight excluding hydrogens is 190 g/mol. The highest BCUT2D eigenvalue weighted by Gasteiger charge is 2.21. The van der Waals surface area contributed by atoms with Gasteiger partial charge in [0.15, 0.2) is 0 Å². The SMILES string of the molecule is CNCCOCC1Cc2ccccc2O1. The zero-order valence-electron chi connectivity index (χ0n) is 9.03. The Morgan fingerprint density at radius 1 is 1.47 bits per heavy atom. The molecule has 15 heavy (non-hydrogen) atoms. The fourth-order valence-corrected chi connectivity index (χ4v) is 1.74. The van der Waals surface area contributed by atoms with Crippen LogP contribution in [-0.2, 0) is 11.2 Å². The van der Waals surface area contributed by atoms with E-state index in [-0.39, 0.29) is 6.10 Å². The van der Waals surface area contributed by atoms with Crippen LogP contribution in [0.15, 0.2) is 24.3 Å². The molecule has 1 atom stereocenters. The topological polar surface area (TPSA) is 30.5 Å². The third-order valence-corrected chi connectivity index (χ3v) is 2.51. The lowest BCUT2D eigenvalue weighted by atomic mass is 10.1. The van der Waals surface area contributed by atoms with Crippen LogP contribution in [0.3, 0.4) is 0 Å². The van der Waals surface area contributed by atoms with Crippen molar-refractivity contribution in [3.05, 3.63) is 29.8 Å². The minimum atomic E-state index is 0.194. The number of para-hydroxylation sites is 1. The smallest absolute Gasteiger partial charge is 0.126 e. The Hall–Kier alpha value is -1.06. The lowest BCUT2D eigenvalue weighted by Gasteiger charge is -2.10. The van der Waals surface area contributed by atoms with Gasteiger partial charge in [-0.3, -0.25) is 0 Å². The Balaban J connectivity index is 1.76. The van der Waals surface area contributed by atoms with E-state index in [0.717, 1.165) is 25.3 Å². The molecule has 0 aliphatic carbocycles. The van der Waals surface area contributed by atoms with Crippen LogP contribution in [-0.4, -0.2) is 32.9 Å².